The summed E-state index contributed by atoms with van der Waals surface area (Å²) in [5, 5.41) is 0.195. The van der Waals surface area contributed by atoms with Crippen LogP contribution in [0, 0.1) is 0 Å². The number of sulfone groups is 1. The molecule has 2 N–H and O–H groups in total. The molecule has 9 nitrogen and oxygen atoms in total. The lowest BCUT2D eigenvalue weighted by Gasteiger charge is -2.12. The van der Waals surface area contributed by atoms with Crippen LogP contribution >= 0.6 is 23.2 Å². The number of halogens is 2. The highest BCUT2D eigenvalue weighted by Crippen LogP contribution is 2.34. The van der Waals surface area contributed by atoms with Gasteiger partial charge >= 0.3 is 0 Å². The average molecular weight is 615 g/mol. The van der Waals surface area contributed by atoms with Crippen molar-refractivity contribution in [3.63, 3.8) is 0 Å². The van der Waals surface area contributed by atoms with Crippen molar-refractivity contribution in [1.29, 1.82) is 0 Å². The minimum absolute atomic E-state index is 0.000170. The monoisotopic (exact) mass is 614 g/mol. The molecule has 38 heavy (non-hydrogen) atoms. The third-order valence-corrected chi connectivity index (χ3v) is 9.49. The predicted molar refractivity (Wildman–Crippen MR) is 140 cm³/mol. The van der Waals surface area contributed by atoms with Gasteiger partial charge in [-0.25, -0.2) is 8.42 Å². The van der Waals surface area contributed by atoms with E-state index in [4.69, 9.17) is 32.5 Å². The summed E-state index contributed by atoms with van der Waals surface area (Å²) in [5.41, 5.74) is 0.285. The topological polar surface area (TPSA) is 152 Å². The Hall–Kier alpha value is -2.97. The summed E-state index contributed by atoms with van der Waals surface area (Å²) in [5.74, 6) is 0.164. The summed E-state index contributed by atoms with van der Waals surface area (Å²) in [6, 6.07) is 17.8. The number of rotatable bonds is 7. The smallest absolute Gasteiger partial charge is 0.295 e. The number of hydrogen-bond donors (Lipinski definition) is 2. The van der Waals surface area contributed by atoms with Gasteiger partial charge in [-0.1, -0.05) is 35.3 Å². The van der Waals surface area contributed by atoms with Crippen molar-refractivity contribution in [1.82, 2.24) is 0 Å². The third kappa shape index (κ3) is 6.02. The van der Waals surface area contributed by atoms with Gasteiger partial charge in [-0.05, 0) is 72.3 Å². The van der Waals surface area contributed by atoms with Crippen LogP contribution in [0.25, 0.3) is 11.1 Å². The van der Waals surface area contributed by atoms with Gasteiger partial charge in [0.1, 0.15) is 16.4 Å². The fraction of sp³-hybridized carbons (Fsp3) is 0. The largest absolute Gasteiger partial charge is 0.457 e. The second-order valence-electron chi connectivity index (χ2n) is 7.78. The van der Waals surface area contributed by atoms with Gasteiger partial charge in [0.15, 0.2) is 0 Å². The van der Waals surface area contributed by atoms with Gasteiger partial charge in [0, 0.05) is 16.7 Å². The minimum Gasteiger partial charge on any atom is -0.457 e. The molecule has 0 unspecified atom stereocenters. The molecule has 4 aromatic carbocycles. The molecule has 14 heteroatoms. The van der Waals surface area contributed by atoms with E-state index in [1.54, 1.807) is 0 Å². The molecule has 0 aliphatic carbocycles. The van der Waals surface area contributed by atoms with Crippen molar-refractivity contribution in [2.45, 2.75) is 19.6 Å². The first-order valence-electron chi connectivity index (χ1n) is 10.3. The maximum Gasteiger partial charge on any atom is 0.295 e. The highest BCUT2D eigenvalue weighted by atomic mass is 35.5. The van der Waals surface area contributed by atoms with Gasteiger partial charge in [-0.15, -0.1) is 0 Å². The van der Waals surface area contributed by atoms with Crippen LogP contribution in [0.2, 0.25) is 10.0 Å². The van der Waals surface area contributed by atoms with Crippen LogP contribution in [0.1, 0.15) is 0 Å². The summed E-state index contributed by atoms with van der Waals surface area (Å²) < 4.78 is 97.1. The Morgan fingerprint density at radius 3 is 1.74 bits per heavy atom. The van der Waals surface area contributed by atoms with Crippen molar-refractivity contribution in [2.24, 2.45) is 0 Å². The van der Waals surface area contributed by atoms with E-state index in [9.17, 15) is 29.8 Å². The molecule has 0 atom stereocenters. The quantitative estimate of drug-likeness (QED) is 0.247. The summed E-state index contributed by atoms with van der Waals surface area (Å²) in [6.45, 7) is 0. The lowest BCUT2D eigenvalue weighted by molar-refractivity contribution is 0.471. The highest BCUT2D eigenvalue weighted by molar-refractivity contribution is 7.91. The summed E-state index contributed by atoms with van der Waals surface area (Å²) in [4.78, 5) is -1.17. The zero-order valence-corrected chi connectivity index (χ0v) is 22.8. The molecule has 0 radical (unpaired) electrons. The van der Waals surface area contributed by atoms with E-state index < -0.39 is 39.9 Å². The lowest BCUT2D eigenvalue weighted by atomic mass is 10.1. The van der Waals surface area contributed by atoms with E-state index in [1.807, 2.05) is 0 Å². The van der Waals surface area contributed by atoms with E-state index in [0.717, 1.165) is 18.2 Å². The van der Waals surface area contributed by atoms with E-state index >= 15 is 0 Å². The fourth-order valence-electron chi connectivity index (χ4n) is 3.46. The van der Waals surface area contributed by atoms with E-state index in [0.29, 0.717) is 0 Å². The highest BCUT2D eigenvalue weighted by Gasteiger charge is 2.22. The van der Waals surface area contributed by atoms with Crippen molar-refractivity contribution in [3.05, 3.63) is 95.0 Å². The number of ether oxygens (including phenoxy) is 1. The third-order valence-electron chi connectivity index (χ3n) is 5.25. The Morgan fingerprint density at radius 2 is 1.16 bits per heavy atom. The summed E-state index contributed by atoms with van der Waals surface area (Å²) in [7, 11) is -13.2. The molecule has 0 bridgehead atoms. The van der Waals surface area contributed by atoms with Crippen LogP contribution in [0.3, 0.4) is 0 Å². The molecular formula is C24H16Cl2O9S3. The first-order chi connectivity index (χ1) is 17.7. The average Bonchev–Trinajstić information content (AvgIpc) is 2.85. The summed E-state index contributed by atoms with van der Waals surface area (Å²) in [6.07, 6.45) is 0. The van der Waals surface area contributed by atoms with E-state index in [-0.39, 0.29) is 42.5 Å². The first kappa shape index (κ1) is 28.0. The SMILES string of the molecule is O=S(=O)(O)c1ccc(-c2ccc(Oc3ccc(S(=O)(=O)c4cc(Cl)ccc4Cl)cc3)cc2S(=O)(=O)O)cc1. The molecule has 198 valence electrons. The molecule has 0 fully saturated rings. The van der Waals surface area contributed by atoms with Gasteiger partial charge in [0.2, 0.25) is 9.84 Å². The second kappa shape index (κ2) is 10.3. The van der Waals surface area contributed by atoms with Gasteiger partial charge in [-0.3, -0.25) is 9.11 Å². The minimum atomic E-state index is -4.75. The first-order valence-corrected chi connectivity index (χ1v) is 15.5. The van der Waals surface area contributed by atoms with Crippen molar-refractivity contribution in [3.8, 4) is 22.6 Å². The van der Waals surface area contributed by atoms with Gasteiger partial charge < -0.3 is 4.74 Å². The summed E-state index contributed by atoms with van der Waals surface area (Å²) >= 11 is 11.9. The molecule has 0 spiro atoms. The van der Waals surface area contributed by atoms with E-state index in [2.05, 4.69) is 0 Å². The molecule has 0 heterocycles. The standard InChI is InChI=1S/C24H16Cl2O9S3/c25-16-3-12-22(26)24(13-16)36(27,28)19-9-4-17(5-10-19)35-18-6-11-21(23(14-18)38(32,33)34)15-1-7-20(8-2-15)37(29,30)31/h1-14H,(H,29,30,31)(H,32,33,34). The fourth-order valence-corrected chi connectivity index (χ4v) is 6.68. The van der Waals surface area contributed by atoms with Gasteiger partial charge in [-0.2, -0.15) is 16.8 Å². The maximum absolute atomic E-state index is 13.0. The van der Waals surface area contributed by atoms with Crippen molar-refractivity contribution < 1.29 is 39.1 Å². The maximum atomic E-state index is 13.0. The van der Waals surface area contributed by atoms with Crippen LogP contribution in [-0.4, -0.2) is 34.4 Å². The molecule has 4 rings (SSSR count). The molecular weight excluding hydrogens is 599 g/mol. The Labute approximate surface area is 228 Å². The van der Waals surface area contributed by atoms with Crippen LogP contribution in [0.5, 0.6) is 11.5 Å². The van der Waals surface area contributed by atoms with Crippen LogP contribution < -0.4 is 4.74 Å². The Morgan fingerprint density at radius 1 is 0.579 bits per heavy atom. The number of benzene rings is 4. The zero-order chi connectivity index (χ0) is 27.9. The molecule has 4 aromatic rings. The molecule has 0 aliphatic heterocycles. The van der Waals surface area contributed by atoms with Gasteiger partial charge in [0.25, 0.3) is 20.2 Å². The van der Waals surface area contributed by atoms with E-state index in [1.165, 1.54) is 66.7 Å². The molecule has 0 aliphatic rings. The lowest BCUT2D eigenvalue weighted by Crippen LogP contribution is -2.03. The van der Waals surface area contributed by atoms with Crippen molar-refractivity contribution >= 4 is 53.3 Å². The Balaban J connectivity index is 1.65. The zero-order valence-electron chi connectivity index (χ0n) is 18.8. The molecule has 0 saturated heterocycles. The van der Waals surface area contributed by atoms with Gasteiger partial charge in [0.05, 0.1) is 19.7 Å². The Kier molecular flexibility index (Phi) is 7.60. The molecule has 0 aromatic heterocycles. The molecule has 0 saturated carbocycles. The Bertz CT molecular complexity index is 1850. The predicted octanol–water partition coefficient (Wildman–Crippen LogP) is 5.78. The normalized spacial score (nSPS) is 12.3. The van der Waals surface area contributed by atoms with Crippen LogP contribution in [0.4, 0.5) is 0 Å². The number of hydrogen-bond acceptors (Lipinski definition) is 7. The van der Waals surface area contributed by atoms with Crippen molar-refractivity contribution in [2.75, 3.05) is 0 Å². The van der Waals surface area contributed by atoms with Crippen LogP contribution in [-0.2, 0) is 30.1 Å². The van der Waals surface area contributed by atoms with Crippen LogP contribution in [0.15, 0.2) is 105 Å². The second-order valence-corrected chi connectivity index (χ2v) is 13.4. The molecule has 0 amide bonds.